The van der Waals surface area contributed by atoms with Crippen LogP contribution in [0.4, 0.5) is 5.13 Å². The Labute approximate surface area is 186 Å². The van der Waals surface area contributed by atoms with E-state index in [0.717, 1.165) is 16.0 Å². The summed E-state index contributed by atoms with van der Waals surface area (Å²) in [5.74, 6) is 1.72. The van der Waals surface area contributed by atoms with Gasteiger partial charge in [0, 0.05) is 13.1 Å². The SMILES string of the molecule is COc1ccc2nc(N(CCN(C)C)C(=O)COc3ccccc3OC)sc2c1.Cl. The zero-order chi connectivity index (χ0) is 20.8. The highest BCUT2D eigenvalue weighted by Gasteiger charge is 2.21. The standard InChI is InChI=1S/C21H25N3O4S.ClH/c1-23(2)11-12-24(20(25)14-28-18-8-6-5-7-17(18)27-4)21-22-16-10-9-15(26-3)13-19(16)29-21;/h5-10,13H,11-12,14H2,1-4H3;1H. The third-order valence-electron chi connectivity index (χ3n) is 4.31. The normalized spacial score (nSPS) is 10.6. The Bertz CT molecular complexity index is 980. The van der Waals surface area contributed by atoms with E-state index in [0.29, 0.717) is 29.7 Å². The summed E-state index contributed by atoms with van der Waals surface area (Å²) in [5.41, 5.74) is 0.833. The molecule has 0 N–H and O–H groups in total. The molecular formula is C21H26ClN3O4S. The number of benzene rings is 2. The Balaban J connectivity index is 0.00000320. The third kappa shape index (κ3) is 5.75. The molecule has 9 heteroatoms. The van der Waals surface area contributed by atoms with Crippen molar-refractivity contribution in [3.05, 3.63) is 42.5 Å². The molecule has 0 atom stereocenters. The van der Waals surface area contributed by atoms with E-state index in [1.807, 2.05) is 49.3 Å². The van der Waals surface area contributed by atoms with Crippen molar-refractivity contribution in [3.8, 4) is 17.2 Å². The fourth-order valence-electron chi connectivity index (χ4n) is 2.72. The molecule has 30 heavy (non-hydrogen) atoms. The minimum atomic E-state index is -0.163. The molecule has 0 aliphatic carbocycles. The van der Waals surface area contributed by atoms with Gasteiger partial charge in [-0.15, -0.1) is 12.4 Å². The zero-order valence-corrected chi connectivity index (χ0v) is 19.1. The van der Waals surface area contributed by atoms with Crippen LogP contribution in [0.2, 0.25) is 0 Å². The fraction of sp³-hybridized carbons (Fsp3) is 0.333. The van der Waals surface area contributed by atoms with Gasteiger partial charge in [-0.05, 0) is 44.4 Å². The number of carbonyl (C=O) groups is 1. The molecule has 1 aromatic heterocycles. The van der Waals surface area contributed by atoms with Gasteiger partial charge >= 0.3 is 0 Å². The van der Waals surface area contributed by atoms with Crippen LogP contribution in [0.15, 0.2) is 42.5 Å². The summed E-state index contributed by atoms with van der Waals surface area (Å²) in [6.45, 7) is 1.12. The molecule has 0 radical (unpaired) electrons. The van der Waals surface area contributed by atoms with Gasteiger partial charge in [0.05, 0.1) is 24.4 Å². The van der Waals surface area contributed by atoms with E-state index in [1.54, 1.807) is 31.3 Å². The lowest BCUT2D eigenvalue weighted by Crippen LogP contribution is -2.39. The maximum absolute atomic E-state index is 13.0. The largest absolute Gasteiger partial charge is 0.497 e. The second kappa shape index (κ2) is 11.0. The number of rotatable bonds is 9. The number of fused-ring (bicyclic) bond motifs is 1. The first kappa shape index (κ1) is 23.7. The van der Waals surface area contributed by atoms with Crippen molar-refractivity contribution in [2.45, 2.75) is 0 Å². The minimum absolute atomic E-state index is 0. The monoisotopic (exact) mass is 451 g/mol. The van der Waals surface area contributed by atoms with E-state index in [2.05, 4.69) is 4.98 Å². The number of aromatic nitrogens is 1. The first-order chi connectivity index (χ1) is 14.0. The van der Waals surface area contributed by atoms with Gasteiger partial charge in [-0.3, -0.25) is 9.69 Å². The topological polar surface area (TPSA) is 64.1 Å². The van der Waals surface area contributed by atoms with Crippen molar-refractivity contribution in [3.63, 3.8) is 0 Å². The summed E-state index contributed by atoms with van der Waals surface area (Å²) in [4.78, 5) is 21.4. The molecule has 3 rings (SSSR count). The van der Waals surface area contributed by atoms with Gasteiger partial charge in [0.2, 0.25) is 0 Å². The summed E-state index contributed by atoms with van der Waals surface area (Å²) in [6.07, 6.45) is 0. The Morgan fingerprint density at radius 1 is 1.03 bits per heavy atom. The molecular weight excluding hydrogens is 426 g/mol. The lowest BCUT2D eigenvalue weighted by Gasteiger charge is -2.22. The van der Waals surface area contributed by atoms with Crippen LogP contribution >= 0.6 is 23.7 Å². The second-order valence-electron chi connectivity index (χ2n) is 6.62. The number of methoxy groups -OCH3 is 2. The van der Waals surface area contributed by atoms with Crippen molar-refractivity contribution in [1.82, 2.24) is 9.88 Å². The molecule has 0 bridgehead atoms. The number of hydrogen-bond acceptors (Lipinski definition) is 7. The van der Waals surface area contributed by atoms with Crippen molar-refractivity contribution < 1.29 is 19.0 Å². The number of likely N-dealkylation sites (N-methyl/N-ethyl adjacent to an activating group) is 1. The number of nitrogens with zero attached hydrogens (tertiary/aromatic N) is 3. The molecule has 0 spiro atoms. The third-order valence-corrected chi connectivity index (χ3v) is 5.35. The summed E-state index contributed by atoms with van der Waals surface area (Å²) in [6, 6.07) is 13.0. The Morgan fingerprint density at radius 2 is 1.77 bits per heavy atom. The van der Waals surface area contributed by atoms with Gasteiger partial charge in [0.15, 0.2) is 23.2 Å². The van der Waals surface area contributed by atoms with Crippen molar-refractivity contribution in [2.24, 2.45) is 0 Å². The highest BCUT2D eigenvalue weighted by Crippen LogP contribution is 2.32. The van der Waals surface area contributed by atoms with E-state index >= 15 is 0 Å². The van der Waals surface area contributed by atoms with Gasteiger partial charge < -0.3 is 19.1 Å². The highest BCUT2D eigenvalue weighted by atomic mass is 35.5. The number of carbonyl (C=O) groups excluding carboxylic acids is 1. The van der Waals surface area contributed by atoms with E-state index < -0.39 is 0 Å². The molecule has 7 nitrogen and oxygen atoms in total. The van der Waals surface area contributed by atoms with Crippen LogP contribution in [0.5, 0.6) is 17.2 Å². The molecule has 0 saturated heterocycles. The van der Waals surface area contributed by atoms with Crippen molar-refractivity contribution >= 4 is 45.0 Å². The number of para-hydroxylation sites is 2. The lowest BCUT2D eigenvalue weighted by atomic mass is 10.3. The highest BCUT2D eigenvalue weighted by molar-refractivity contribution is 7.22. The summed E-state index contributed by atoms with van der Waals surface area (Å²) >= 11 is 1.46. The van der Waals surface area contributed by atoms with Crippen molar-refractivity contribution in [1.29, 1.82) is 0 Å². The van der Waals surface area contributed by atoms with Crippen LogP contribution in [0, 0.1) is 0 Å². The summed E-state index contributed by atoms with van der Waals surface area (Å²) in [7, 11) is 7.14. The maximum atomic E-state index is 13.0. The fourth-order valence-corrected chi connectivity index (χ4v) is 3.75. The molecule has 1 amide bonds. The van der Waals surface area contributed by atoms with Crippen LogP contribution in [0.25, 0.3) is 10.2 Å². The van der Waals surface area contributed by atoms with Gasteiger partial charge in [-0.25, -0.2) is 4.98 Å². The van der Waals surface area contributed by atoms with E-state index in [9.17, 15) is 4.79 Å². The lowest BCUT2D eigenvalue weighted by molar-refractivity contribution is -0.120. The number of hydrogen-bond donors (Lipinski definition) is 0. The van der Waals surface area contributed by atoms with Crippen LogP contribution in [0.1, 0.15) is 0 Å². The van der Waals surface area contributed by atoms with Gasteiger partial charge in [0.1, 0.15) is 5.75 Å². The molecule has 0 fully saturated rings. The first-order valence-corrected chi connectivity index (χ1v) is 9.99. The van der Waals surface area contributed by atoms with E-state index in [4.69, 9.17) is 14.2 Å². The summed E-state index contributed by atoms with van der Waals surface area (Å²) < 4.78 is 17.3. The Kier molecular flexibility index (Phi) is 8.71. The van der Waals surface area contributed by atoms with Crippen LogP contribution in [-0.2, 0) is 4.79 Å². The predicted molar refractivity (Wildman–Crippen MR) is 123 cm³/mol. The molecule has 162 valence electrons. The van der Waals surface area contributed by atoms with Gasteiger partial charge in [-0.2, -0.15) is 0 Å². The molecule has 1 heterocycles. The smallest absolute Gasteiger partial charge is 0.266 e. The second-order valence-corrected chi connectivity index (χ2v) is 7.63. The van der Waals surface area contributed by atoms with Gasteiger partial charge in [-0.1, -0.05) is 23.5 Å². The molecule has 0 aliphatic heterocycles. The molecule has 2 aromatic carbocycles. The molecule has 0 unspecified atom stereocenters. The van der Waals surface area contributed by atoms with Crippen LogP contribution in [0.3, 0.4) is 0 Å². The quantitative estimate of drug-likeness (QED) is 0.494. The molecule has 0 saturated carbocycles. The number of ether oxygens (including phenoxy) is 3. The van der Waals surface area contributed by atoms with Gasteiger partial charge in [0.25, 0.3) is 5.91 Å². The predicted octanol–water partition coefficient (Wildman–Crippen LogP) is 3.71. The number of halogens is 1. The molecule has 0 aliphatic rings. The maximum Gasteiger partial charge on any atom is 0.266 e. The van der Waals surface area contributed by atoms with Crippen molar-refractivity contribution in [2.75, 3.05) is 52.9 Å². The average molecular weight is 452 g/mol. The number of amides is 1. The number of anilines is 1. The number of thiazole rings is 1. The van der Waals surface area contributed by atoms with Crippen LogP contribution < -0.4 is 19.1 Å². The van der Waals surface area contributed by atoms with Crippen LogP contribution in [-0.4, -0.2) is 63.8 Å². The average Bonchev–Trinajstić information content (AvgIpc) is 3.15. The summed E-state index contributed by atoms with van der Waals surface area (Å²) in [5, 5.41) is 0.642. The van der Waals surface area contributed by atoms with E-state index in [-0.39, 0.29) is 24.9 Å². The zero-order valence-electron chi connectivity index (χ0n) is 17.5. The van der Waals surface area contributed by atoms with E-state index in [1.165, 1.54) is 11.3 Å². The molecule has 3 aromatic rings. The Morgan fingerprint density at radius 3 is 2.43 bits per heavy atom. The first-order valence-electron chi connectivity index (χ1n) is 9.17. The minimum Gasteiger partial charge on any atom is -0.497 e. The Hall–Kier alpha value is -2.55.